The molecule has 2 N–H and O–H groups in total. The Morgan fingerprint density at radius 3 is 2.50 bits per heavy atom. The molecule has 1 aromatic carbocycles. The molecule has 0 atom stereocenters. The van der Waals surface area contributed by atoms with E-state index in [0.717, 1.165) is 18.2 Å². The topological polar surface area (TPSA) is 89.3 Å². The fraction of sp³-hybridized carbons (Fsp3) is 0.250. The maximum atomic E-state index is 12.4. The summed E-state index contributed by atoms with van der Waals surface area (Å²) in [5.74, 6) is -0.772. The fourth-order valence-corrected chi connectivity index (χ4v) is 2.96. The van der Waals surface area contributed by atoms with Crippen LogP contribution in [0.2, 0.25) is 0 Å². The zero-order valence-electron chi connectivity index (χ0n) is 16.2. The Balaban J connectivity index is 2.11. The maximum Gasteiger partial charge on any atom is 0.573 e. The van der Waals surface area contributed by atoms with Gasteiger partial charge in [-0.1, -0.05) is 6.58 Å². The number of pyridine rings is 1. The molecule has 0 aliphatic heterocycles. The minimum Gasteiger partial charge on any atom is -0.406 e. The predicted molar refractivity (Wildman–Crippen MR) is 103 cm³/mol. The van der Waals surface area contributed by atoms with E-state index >= 15 is 0 Å². The van der Waals surface area contributed by atoms with E-state index in [4.69, 9.17) is 0 Å². The van der Waals surface area contributed by atoms with E-state index in [-0.39, 0.29) is 12.3 Å². The van der Waals surface area contributed by atoms with Crippen molar-refractivity contribution in [3.63, 3.8) is 0 Å². The lowest BCUT2D eigenvalue weighted by Crippen LogP contribution is -2.21. The molecule has 2 heterocycles. The van der Waals surface area contributed by atoms with Crippen LogP contribution in [-0.2, 0) is 16.9 Å². The van der Waals surface area contributed by atoms with E-state index < -0.39 is 17.9 Å². The summed E-state index contributed by atoms with van der Waals surface area (Å²) in [5.41, 5.74) is 0.550. The zero-order chi connectivity index (χ0) is 22.1. The molecule has 0 radical (unpaired) electrons. The first kappa shape index (κ1) is 21.3. The number of amides is 1. The monoisotopic (exact) mass is 420 g/mol. The number of rotatable bonds is 6. The molecule has 158 valence electrons. The lowest BCUT2D eigenvalue weighted by molar-refractivity contribution is -0.274. The second-order valence-electron chi connectivity index (χ2n) is 6.94. The number of benzene rings is 1. The molecule has 3 aromatic rings. The number of carbonyl (C=O) groups excluding carboxylic acids is 1. The van der Waals surface area contributed by atoms with Gasteiger partial charge in [-0.2, -0.15) is 5.10 Å². The molecule has 0 bridgehead atoms. The maximum absolute atomic E-state index is 12.4. The van der Waals surface area contributed by atoms with E-state index in [2.05, 4.69) is 26.7 Å². The van der Waals surface area contributed by atoms with Crippen LogP contribution in [0.1, 0.15) is 25.1 Å². The number of hydrogen-bond donors (Lipinski definition) is 2. The zero-order valence-corrected chi connectivity index (χ0v) is 16.2. The molecule has 0 aliphatic rings. The van der Waals surface area contributed by atoms with Crippen molar-refractivity contribution in [1.29, 1.82) is 0 Å². The second-order valence-corrected chi connectivity index (χ2v) is 6.94. The van der Waals surface area contributed by atoms with Crippen molar-refractivity contribution in [3.8, 4) is 11.4 Å². The standard InChI is InChI=1S/C20H19F3N4O3/c1-4-16(28)25-11-15-17-14(19(2,3)29)9-10-24-18(17)27(26-15)12-5-7-13(8-6-12)30-20(21,22)23/h4-10,29H,1,11H2,2-3H3,(H,25,28). The average Bonchev–Trinajstić information content (AvgIpc) is 3.03. The lowest BCUT2D eigenvalue weighted by Gasteiger charge is -2.19. The molecule has 3 rings (SSSR count). The molecule has 0 aliphatic carbocycles. The molecule has 1 amide bonds. The Hall–Kier alpha value is -3.40. The van der Waals surface area contributed by atoms with Crippen LogP contribution < -0.4 is 10.1 Å². The summed E-state index contributed by atoms with van der Waals surface area (Å²) < 4.78 is 42.5. The quantitative estimate of drug-likeness (QED) is 0.597. The van der Waals surface area contributed by atoms with E-state index in [1.165, 1.54) is 23.0 Å². The van der Waals surface area contributed by atoms with Crippen molar-refractivity contribution in [3.05, 3.63) is 60.4 Å². The average molecular weight is 420 g/mol. The van der Waals surface area contributed by atoms with E-state index in [9.17, 15) is 23.1 Å². The lowest BCUT2D eigenvalue weighted by atomic mass is 9.95. The number of aromatic nitrogens is 3. The van der Waals surface area contributed by atoms with Gasteiger partial charge in [0.1, 0.15) is 5.75 Å². The molecular formula is C20H19F3N4O3. The van der Waals surface area contributed by atoms with Crippen molar-refractivity contribution in [2.45, 2.75) is 32.4 Å². The van der Waals surface area contributed by atoms with E-state index in [0.29, 0.717) is 28.0 Å². The number of ether oxygens (including phenoxy) is 1. The van der Waals surface area contributed by atoms with Crippen molar-refractivity contribution in [2.75, 3.05) is 0 Å². The Labute approximate surface area is 169 Å². The van der Waals surface area contributed by atoms with Crippen molar-refractivity contribution < 1.29 is 27.8 Å². The van der Waals surface area contributed by atoms with Gasteiger partial charge < -0.3 is 15.2 Å². The van der Waals surface area contributed by atoms with Gasteiger partial charge in [0.2, 0.25) is 5.91 Å². The molecule has 30 heavy (non-hydrogen) atoms. The SMILES string of the molecule is C=CC(=O)NCc1nn(-c2ccc(OC(F)(F)F)cc2)c2nccc(C(C)(C)O)c12. The first-order chi connectivity index (χ1) is 14.0. The number of alkyl halides is 3. The summed E-state index contributed by atoms with van der Waals surface area (Å²) in [6.45, 7) is 6.65. The van der Waals surface area contributed by atoms with Gasteiger partial charge >= 0.3 is 6.36 Å². The summed E-state index contributed by atoms with van der Waals surface area (Å²) in [6, 6.07) is 6.77. The third-order valence-electron chi connectivity index (χ3n) is 4.23. The van der Waals surface area contributed by atoms with Gasteiger partial charge in [0.15, 0.2) is 5.65 Å². The number of nitrogens with zero attached hydrogens (tertiary/aromatic N) is 3. The summed E-state index contributed by atoms with van der Waals surface area (Å²) in [5, 5.41) is 18.2. The number of aliphatic hydroxyl groups is 1. The van der Waals surface area contributed by atoms with Crippen LogP contribution in [0.15, 0.2) is 49.2 Å². The molecule has 0 saturated carbocycles. The van der Waals surface area contributed by atoms with Crippen LogP contribution in [0.5, 0.6) is 5.75 Å². The smallest absolute Gasteiger partial charge is 0.406 e. The Kier molecular flexibility index (Phi) is 5.53. The molecule has 0 spiro atoms. The van der Waals surface area contributed by atoms with Gasteiger partial charge in [0.25, 0.3) is 0 Å². The van der Waals surface area contributed by atoms with Crippen molar-refractivity contribution >= 4 is 16.9 Å². The summed E-state index contributed by atoms with van der Waals surface area (Å²) in [7, 11) is 0. The fourth-order valence-electron chi connectivity index (χ4n) is 2.96. The summed E-state index contributed by atoms with van der Waals surface area (Å²) in [6.07, 6.45) is -2.17. The summed E-state index contributed by atoms with van der Waals surface area (Å²) >= 11 is 0. The minimum atomic E-state index is -4.79. The van der Waals surface area contributed by atoms with Crippen molar-refractivity contribution in [2.24, 2.45) is 0 Å². The molecule has 2 aromatic heterocycles. The van der Waals surface area contributed by atoms with Crippen LogP contribution in [0.25, 0.3) is 16.7 Å². The van der Waals surface area contributed by atoms with Crippen LogP contribution in [0.4, 0.5) is 13.2 Å². The molecule has 7 nitrogen and oxygen atoms in total. The van der Waals surface area contributed by atoms with Crippen LogP contribution >= 0.6 is 0 Å². The molecule has 10 heteroatoms. The van der Waals surface area contributed by atoms with Gasteiger partial charge in [-0.15, -0.1) is 13.2 Å². The largest absolute Gasteiger partial charge is 0.573 e. The third kappa shape index (κ3) is 4.60. The number of carbonyl (C=O) groups is 1. The highest BCUT2D eigenvalue weighted by atomic mass is 19.4. The number of fused-ring (bicyclic) bond motifs is 1. The van der Waals surface area contributed by atoms with Gasteiger partial charge in [0, 0.05) is 6.20 Å². The van der Waals surface area contributed by atoms with Crippen molar-refractivity contribution in [1.82, 2.24) is 20.1 Å². The van der Waals surface area contributed by atoms with E-state index in [1.807, 2.05) is 0 Å². The number of hydrogen-bond acceptors (Lipinski definition) is 5. The predicted octanol–water partition coefficient (Wildman–Crippen LogP) is 3.35. The third-order valence-corrected chi connectivity index (χ3v) is 4.23. The highest BCUT2D eigenvalue weighted by Gasteiger charge is 2.31. The highest BCUT2D eigenvalue weighted by molar-refractivity contribution is 5.88. The number of nitrogens with one attached hydrogen (secondary N) is 1. The van der Waals surface area contributed by atoms with Gasteiger partial charge in [-0.25, -0.2) is 9.67 Å². The normalized spacial score (nSPS) is 12.1. The Morgan fingerprint density at radius 1 is 1.27 bits per heavy atom. The first-order valence-electron chi connectivity index (χ1n) is 8.85. The molecule has 0 unspecified atom stereocenters. The molecule has 0 saturated heterocycles. The van der Waals surface area contributed by atoms with Gasteiger partial charge in [-0.05, 0) is 55.8 Å². The Bertz CT molecular complexity index is 1080. The van der Waals surface area contributed by atoms with Crippen LogP contribution in [-0.4, -0.2) is 32.1 Å². The summed E-state index contributed by atoms with van der Waals surface area (Å²) in [4.78, 5) is 15.9. The highest BCUT2D eigenvalue weighted by Crippen LogP contribution is 2.31. The Morgan fingerprint density at radius 2 is 1.93 bits per heavy atom. The first-order valence-corrected chi connectivity index (χ1v) is 8.85. The number of halogens is 3. The molecular weight excluding hydrogens is 401 g/mol. The van der Waals surface area contributed by atoms with E-state index in [1.54, 1.807) is 19.9 Å². The second kappa shape index (κ2) is 7.79. The minimum absolute atomic E-state index is 0.0401. The van der Waals surface area contributed by atoms with Gasteiger partial charge in [0.05, 0.1) is 28.9 Å². The van der Waals surface area contributed by atoms with Crippen LogP contribution in [0.3, 0.4) is 0 Å². The van der Waals surface area contributed by atoms with Crippen LogP contribution in [0, 0.1) is 0 Å². The molecule has 0 fully saturated rings. The van der Waals surface area contributed by atoms with Gasteiger partial charge in [-0.3, -0.25) is 4.79 Å².